The summed E-state index contributed by atoms with van der Waals surface area (Å²) in [6.45, 7) is 5.31. The molecule has 21 heavy (non-hydrogen) atoms. The van der Waals surface area contributed by atoms with Crippen molar-refractivity contribution in [2.75, 3.05) is 6.61 Å². The summed E-state index contributed by atoms with van der Waals surface area (Å²) < 4.78 is 6.15. The lowest BCUT2D eigenvalue weighted by Gasteiger charge is -2.07. The number of carbonyl (C=O) groups is 1. The van der Waals surface area contributed by atoms with Crippen molar-refractivity contribution in [2.45, 2.75) is 20.8 Å². The van der Waals surface area contributed by atoms with Crippen LogP contribution in [0.15, 0.2) is 18.3 Å². The zero-order chi connectivity index (χ0) is 15.6. The summed E-state index contributed by atoms with van der Waals surface area (Å²) in [5.74, 6) is -0.600. The third-order valence-corrected chi connectivity index (χ3v) is 2.99. The number of nitrogens with zero attached hydrogens (tertiary/aromatic N) is 4. The second-order valence-electron chi connectivity index (χ2n) is 4.29. The first kappa shape index (κ1) is 14.6. The zero-order valence-corrected chi connectivity index (χ0v) is 11.9. The monoisotopic (exact) mass is 290 g/mol. The van der Waals surface area contributed by atoms with E-state index in [1.54, 1.807) is 20.8 Å². The highest BCUT2D eigenvalue weighted by Gasteiger charge is 2.26. The highest BCUT2D eigenvalue weighted by Crippen LogP contribution is 2.24. The zero-order valence-electron chi connectivity index (χ0n) is 11.9. The van der Waals surface area contributed by atoms with Crippen molar-refractivity contribution in [1.29, 1.82) is 0 Å². The number of carbonyl (C=O) groups excluding carboxylic acids is 1. The fourth-order valence-electron chi connectivity index (χ4n) is 1.89. The Morgan fingerprint density at radius 2 is 2.19 bits per heavy atom. The molecule has 2 aromatic rings. The van der Waals surface area contributed by atoms with E-state index in [4.69, 9.17) is 4.74 Å². The maximum Gasteiger partial charge on any atom is 0.357 e. The van der Waals surface area contributed by atoms with Crippen LogP contribution in [0.1, 0.15) is 28.7 Å². The van der Waals surface area contributed by atoms with Crippen LogP contribution >= 0.6 is 0 Å². The molecule has 0 N–H and O–H groups in total. The molecular formula is C13H14N4O4. The van der Waals surface area contributed by atoms with Crippen LogP contribution in [0, 0.1) is 24.0 Å². The smallest absolute Gasteiger partial charge is 0.357 e. The summed E-state index contributed by atoms with van der Waals surface area (Å²) in [5, 5.41) is 15.3. The van der Waals surface area contributed by atoms with E-state index < -0.39 is 10.9 Å². The number of nitro groups is 1. The summed E-state index contributed by atoms with van der Waals surface area (Å²) >= 11 is 0. The molecule has 2 rings (SSSR count). The molecule has 0 unspecified atom stereocenters. The molecule has 0 spiro atoms. The molecule has 0 saturated heterocycles. The van der Waals surface area contributed by atoms with Gasteiger partial charge in [0.05, 0.1) is 17.2 Å². The minimum absolute atomic E-state index is 0.0123. The van der Waals surface area contributed by atoms with Crippen molar-refractivity contribution < 1.29 is 14.5 Å². The van der Waals surface area contributed by atoms with Crippen LogP contribution in [0.5, 0.6) is 0 Å². The van der Waals surface area contributed by atoms with Crippen LogP contribution in [0.25, 0.3) is 5.82 Å². The van der Waals surface area contributed by atoms with Crippen molar-refractivity contribution in [2.24, 2.45) is 0 Å². The summed E-state index contributed by atoms with van der Waals surface area (Å²) in [5.41, 5.74) is 1.10. The molecule has 0 atom stereocenters. The fourth-order valence-corrected chi connectivity index (χ4v) is 1.89. The Hall–Kier alpha value is -2.77. The standard InChI is InChI=1S/C13H14N4O4/c1-4-21-13(18)11-8(2)9(3)15-16(11)12-10(17(19)20)6-5-7-14-12/h5-7H,4H2,1-3H3. The van der Waals surface area contributed by atoms with Gasteiger partial charge in [-0.05, 0) is 26.8 Å². The highest BCUT2D eigenvalue weighted by atomic mass is 16.6. The largest absolute Gasteiger partial charge is 0.461 e. The number of esters is 1. The van der Waals surface area contributed by atoms with Gasteiger partial charge in [-0.15, -0.1) is 0 Å². The molecule has 0 saturated carbocycles. The Morgan fingerprint density at radius 1 is 1.48 bits per heavy atom. The van der Waals surface area contributed by atoms with Crippen LogP contribution in [0.3, 0.4) is 0 Å². The molecule has 2 aromatic heterocycles. The van der Waals surface area contributed by atoms with Gasteiger partial charge in [-0.1, -0.05) is 0 Å². The van der Waals surface area contributed by atoms with Crippen LogP contribution in [-0.4, -0.2) is 32.3 Å². The van der Waals surface area contributed by atoms with Crippen molar-refractivity contribution >= 4 is 11.7 Å². The first-order valence-corrected chi connectivity index (χ1v) is 6.30. The van der Waals surface area contributed by atoms with Crippen molar-refractivity contribution in [3.05, 3.63) is 45.4 Å². The van der Waals surface area contributed by atoms with Gasteiger partial charge in [0.1, 0.15) is 0 Å². The van der Waals surface area contributed by atoms with E-state index >= 15 is 0 Å². The van der Waals surface area contributed by atoms with E-state index in [0.29, 0.717) is 11.3 Å². The molecule has 0 amide bonds. The predicted octanol–water partition coefficient (Wildman–Crippen LogP) is 1.97. The van der Waals surface area contributed by atoms with E-state index in [9.17, 15) is 14.9 Å². The quantitative estimate of drug-likeness (QED) is 0.485. The van der Waals surface area contributed by atoms with E-state index in [1.165, 1.54) is 23.0 Å². The summed E-state index contributed by atoms with van der Waals surface area (Å²) in [6, 6.07) is 2.76. The van der Waals surface area contributed by atoms with Gasteiger partial charge in [0, 0.05) is 17.8 Å². The van der Waals surface area contributed by atoms with Crippen LogP contribution in [0.2, 0.25) is 0 Å². The first-order valence-electron chi connectivity index (χ1n) is 6.30. The molecule has 110 valence electrons. The fraction of sp³-hybridized carbons (Fsp3) is 0.308. The minimum Gasteiger partial charge on any atom is -0.461 e. The number of rotatable bonds is 4. The molecule has 0 aromatic carbocycles. The molecule has 0 aliphatic carbocycles. The Balaban J connectivity index is 2.68. The molecule has 0 fully saturated rings. The average Bonchev–Trinajstić information content (AvgIpc) is 2.75. The Bertz CT molecular complexity index is 708. The summed E-state index contributed by atoms with van der Waals surface area (Å²) in [4.78, 5) is 26.6. The molecule has 8 nitrogen and oxygen atoms in total. The third kappa shape index (κ3) is 2.60. The summed E-state index contributed by atoms with van der Waals surface area (Å²) in [7, 11) is 0. The predicted molar refractivity (Wildman–Crippen MR) is 73.4 cm³/mol. The van der Waals surface area contributed by atoms with Gasteiger partial charge in [0.25, 0.3) is 0 Å². The van der Waals surface area contributed by atoms with Crippen LogP contribution in [-0.2, 0) is 4.74 Å². The van der Waals surface area contributed by atoms with Crippen molar-refractivity contribution in [1.82, 2.24) is 14.8 Å². The van der Waals surface area contributed by atoms with Gasteiger partial charge in [0.2, 0.25) is 5.82 Å². The van der Waals surface area contributed by atoms with E-state index in [1.807, 2.05) is 0 Å². The molecule has 0 aliphatic rings. The second kappa shape index (κ2) is 5.70. The topological polar surface area (TPSA) is 100 Å². The summed E-state index contributed by atoms with van der Waals surface area (Å²) in [6.07, 6.45) is 1.41. The number of hydrogen-bond donors (Lipinski definition) is 0. The van der Waals surface area contributed by atoms with Crippen LogP contribution < -0.4 is 0 Å². The lowest BCUT2D eigenvalue weighted by molar-refractivity contribution is -0.384. The number of ether oxygens (including phenoxy) is 1. The van der Waals surface area contributed by atoms with Gasteiger partial charge in [-0.2, -0.15) is 5.10 Å². The molecule has 0 radical (unpaired) electrons. The third-order valence-electron chi connectivity index (χ3n) is 2.99. The van der Waals surface area contributed by atoms with Crippen LogP contribution in [0.4, 0.5) is 5.69 Å². The van der Waals surface area contributed by atoms with Gasteiger partial charge >= 0.3 is 11.7 Å². The Kier molecular flexibility index (Phi) is 3.97. The van der Waals surface area contributed by atoms with Crippen molar-refractivity contribution in [3.63, 3.8) is 0 Å². The maximum atomic E-state index is 12.1. The highest BCUT2D eigenvalue weighted by molar-refractivity contribution is 5.90. The lowest BCUT2D eigenvalue weighted by atomic mass is 10.2. The number of hydrogen-bond acceptors (Lipinski definition) is 6. The van der Waals surface area contributed by atoms with Gasteiger partial charge in [-0.3, -0.25) is 10.1 Å². The number of aryl methyl sites for hydroxylation is 1. The van der Waals surface area contributed by atoms with Crippen molar-refractivity contribution in [3.8, 4) is 5.82 Å². The van der Waals surface area contributed by atoms with Gasteiger partial charge < -0.3 is 4.74 Å². The average molecular weight is 290 g/mol. The van der Waals surface area contributed by atoms with E-state index in [2.05, 4.69) is 10.1 Å². The van der Waals surface area contributed by atoms with E-state index in [0.717, 1.165) is 0 Å². The molecule has 2 heterocycles. The molecular weight excluding hydrogens is 276 g/mol. The molecule has 8 heteroatoms. The van der Waals surface area contributed by atoms with Gasteiger partial charge in [-0.25, -0.2) is 14.5 Å². The Labute approximate surface area is 120 Å². The Morgan fingerprint density at radius 3 is 2.81 bits per heavy atom. The lowest BCUT2D eigenvalue weighted by Crippen LogP contribution is -2.15. The molecule has 0 aliphatic heterocycles. The minimum atomic E-state index is -0.587. The molecule has 0 bridgehead atoms. The second-order valence-corrected chi connectivity index (χ2v) is 4.29. The number of aromatic nitrogens is 3. The first-order chi connectivity index (χ1) is 9.97. The van der Waals surface area contributed by atoms with E-state index in [-0.39, 0.29) is 23.8 Å². The van der Waals surface area contributed by atoms with Gasteiger partial charge in [0.15, 0.2) is 5.69 Å². The number of pyridine rings is 1. The normalized spacial score (nSPS) is 10.4. The maximum absolute atomic E-state index is 12.1. The SMILES string of the molecule is CCOC(=O)c1c(C)c(C)nn1-c1ncccc1[N+](=O)[O-].